The fraction of sp³-hybridized carbons (Fsp3) is 0.533. The molecular weight excluding hydrogens is 256 g/mol. The molecule has 0 bridgehead atoms. The van der Waals surface area contributed by atoms with Gasteiger partial charge in [0.2, 0.25) is 5.91 Å². The second-order valence-corrected chi connectivity index (χ2v) is 5.21. The van der Waals surface area contributed by atoms with Crippen molar-refractivity contribution in [3.05, 3.63) is 17.7 Å². The molecule has 1 amide bonds. The van der Waals surface area contributed by atoms with Gasteiger partial charge in [0.15, 0.2) is 11.5 Å². The summed E-state index contributed by atoms with van der Waals surface area (Å²) in [5, 5.41) is 2.95. The molecular formula is C15H22N2O3. The van der Waals surface area contributed by atoms with Crippen molar-refractivity contribution in [1.82, 2.24) is 0 Å². The van der Waals surface area contributed by atoms with Crippen LogP contribution in [0.2, 0.25) is 0 Å². The number of hydrogen-bond donors (Lipinski definition) is 2. The van der Waals surface area contributed by atoms with Crippen LogP contribution in [0, 0.1) is 12.8 Å². The smallest absolute Gasteiger partial charge is 0.229 e. The summed E-state index contributed by atoms with van der Waals surface area (Å²) in [5.74, 6) is 1.15. The molecule has 5 nitrogen and oxygen atoms in total. The van der Waals surface area contributed by atoms with Gasteiger partial charge < -0.3 is 20.5 Å². The van der Waals surface area contributed by atoms with Crippen LogP contribution in [-0.4, -0.2) is 26.2 Å². The van der Waals surface area contributed by atoms with Crippen molar-refractivity contribution < 1.29 is 14.3 Å². The molecule has 1 aliphatic rings. The Hall–Kier alpha value is -1.75. The molecule has 1 aromatic rings. The predicted molar refractivity (Wildman–Crippen MR) is 78.2 cm³/mol. The largest absolute Gasteiger partial charge is 0.493 e. The summed E-state index contributed by atoms with van der Waals surface area (Å²) in [7, 11) is 3.17. The van der Waals surface area contributed by atoms with E-state index < -0.39 is 0 Å². The first-order chi connectivity index (χ1) is 9.56. The minimum atomic E-state index is -0.0949. The third kappa shape index (κ3) is 2.88. The lowest BCUT2D eigenvalue weighted by molar-refractivity contribution is -0.120. The molecule has 0 spiro atoms. The Morgan fingerprint density at radius 1 is 1.25 bits per heavy atom. The van der Waals surface area contributed by atoms with Crippen LogP contribution >= 0.6 is 0 Å². The van der Waals surface area contributed by atoms with E-state index in [4.69, 9.17) is 15.2 Å². The van der Waals surface area contributed by atoms with E-state index >= 15 is 0 Å². The Balaban J connectivity index is 2.18. The average molecular weight is 278 g/mol. The van der Waals surface area contributed by atoms with Crippen LogP contribution in [0.4, 0.5) is 5.69 Å². The van der Waals surface area contributed by atoms with E-state index in [0.29, 0.717) is 11.5 Å². The van der Waals surface area contributed by atoms with Gasteiger partial charge in [0.05, 0.1) is 20.1 Å². The zero-order valence-corrected chi connectivity index (χ0v) is 12.2. The molecule has 1 fully saturated rings. The summed E-state index contributed by atoms with van der Waals surface area (Å²) in [6, 6.07) is 3.60. The summed E-state index contributed by atoms with van der Waals surface area (Å²) in [6.45, 7) is 1.92. The fourth-order valence-electron chi connectivity index (χ4n) is 2.65. The normalized spacial score (nSPS) is 21.6. The number of carbonyl (C=O) groups is 1. The lowest BCUT2D eigenvalue weighted by Crippen LogP contribution is -2.34. The summed E-state index contributed by atoms with van der Waals surface area (Å²) in [5.41, 5.74) is 7.64. The van der Waals surface area contributed by atoms with Crippen LogP contribution in [0.5, 0.6) is 11.5 Å². The van der Waals surface area contributed by atoms with Gasteiger partial charge >= 0.3 is 0 Å². The van der Waals surface area contributed by atoms with Crippen LogP contribution in [0.15, 0.2) is 12.1 Å². The van der Waals surface area contributed by atoms with Crippen molar-refractivity contribution in [3.8, 4) is 11.5 Å². The van der Waals surface area contributed by atoms with E-state index in [-0.39, 0.29) is 17.9 Å². The molecule has 5 heteroatoms. The van der Waals surface area contributed by atoms with Gasteiger partial charge in [-0.3, -0.25) is 4.79 Å². The molecule has 110 valence electrons. The predicted octanol–water partition coefficient (Wildman–Crippen LogP) is 2.08. The Kier molecular flexibility index (Phi) is 4.49. The molecule has 2 unspecified atom stereocenters. The van der Waals surface area contributed by atoms with Crippen molar-refractivity contribution >= 4 is 11.6 Å². The Morgan fingerprint density at radius 2 is 1.90 bits per heavy atom. The fourth-order valence-corrected chi connectivity index (χ4v) is 2.65. The summed E-state index contributed by atoms with van der Waals surface area (Å²) < 4.78 is 10.5. The minimum absolute atomic E-state index is 0.00896. The first-order valence-corrected chi connectivity index (χ1v) is 6.86. The number of nitrogens with one attached hydrogen (secondary N) is 1. The van der Waals surface area contributed by atoms with Crippen LogP contribution in [0.25, 0.3) is 0 Å². The first-order valence-electron chi connectivity index (χ1n) is 6.86. The van der Waals surface area contributed by atoms with Crippen LogP contribution in [0.1, 0.15) is 24.8 Å². The lowest BCUT2D eigenvalue weighted by atomic mass is 10.0. The van der Waals surface area contributed by atoms with E-state index in [1.165, 1.54) is 0 Å². The number of anilines is 1. The maximum atomic E-state index is 12.3. The number of hydrogen-bond acceptors (Lipinski definition) is 4. The highest BCUT2D eigenvalue weighted by molar-refractivity contribution is 5.94. The molecule has 2 atom stereocenters. The van der Waals surface area contributed by atoms with Gasteiger partial charge in [-0.25, -0.2) is 0 Å². The summed E-state index contributed by atoms with van der Waals surface area (Å²) in [4.78, 5) is 12.3. The van der Waals surface area contributed by atoms with Crippen molar-refractivity contribution in [2.45, 2.75) is 32.2 Å². The van der Waals surface area contributed by atoms with Crippen LogP contribution < -0.4 is 20.5 Å². The first kappa shape index (κ1) is 14.7. The van der Waals surface area contributed by atoms with E-state index in [2.05, 4.69) is 5.32 Å². The molecule has 0 aromatic heterocycles. The third-order valence-corrected chi connectivity index (χ3v) is 3.89. The molecule has 20 heavy (non-hydrogen) atoms. The minimum Gasteiger partial charge on any atom is -0.493 e. The van der Waals surface area contributed by atoms with Crippen LogP contribution in [-0.2, 0) is 4.79 Å². The molecule has 0 saturated heterocycles. The molecule has 2 rings (SSSR count). The van der Waals surface area contributed by atoms with Crippen molar-refractivity contribution in [2.24, 2.45) is 11.7 Å². The van der Waals surface area contributed by atoms with Gasteiger partial charge in [-0.15, -0.1) is 0 Å². The van der Waals surface area contributed by atoms with Crippen molar-refractivity contribution in [2.75, 3.05) is 19.5 Å². The Morgan fingerprint density at radius 3 is 2.45 bits per heavy atom. The standard InChI is InChI=1S/C15H22N2O3/c1-9-7-13(19-2)14(20-3)8-12(9)17-15(18)10-5-4-6-11(10)16/h7-8,10-11H,4-6,16H2,1-3H3,(H,17,18). The zero-order valence-electron chi connectivity index (χ0n) is 12.2. The van der Waals surface area contributed by atoms with E-state index in [0.717, 1.165) is 30.5 Å². The van der Waals surface area contributed by atoms with E-state index in [1.807, 2.05) is 13.0 Å². The summed E-state index contributed by atoms with van der Waals surface area (Å²) in [6.07, 6.45) is 2.80. The number of benzene rings is 1. The number of methoxy groups -OCH3 is 2. The summed E-state index contributed by atoms with van der Waals surface area (Å²) >= 11 is 0. The molecule has 1 aliphatic carbocycles. The second-order valence-electron chi connectivity index (χ2n) is 5.21. The molecule has 0 radical (unpaired) electrons. The van der Waals surface area contributed by atoms with Gasteiger partial charge in [0.25, 0.3) is 0 Å². The second kappa shape index (κ2) is 6.13. The monoisotopic (exact) mass is 278 g/mol. The van der Waals surface area contributed by atoms with E-state index in [9.17, 15) is 4.79 Å². The molecule has 3 N–H and O–H groups in total. The SMILES string of the molecule is COc1cc(C)c(NC(=O)C2CCCC2N)cc1OC. The lowest BCUT2D eigenvalue weighted by Gasteiger charge is -2.18. The molecule has 0 aliphatic heterocycles. The van der Waals surface area contributed by atoms with Crippen molar-refractivity contribution in [1.29, 1.82) is 0 Å². The van der Waals surface area contributed by atoms with Gasteiger partial charge in [-0.1, -0.05) is 6.42 Å². The maximum Gasteiger partial charge on any atom is 0.229 e. The zero-order chi connectivity index (χ0) is 14.7. The number of nitrogens with two attached hydrogens (primary N) is 1. The number of rotatable bonds is 4. The number of carbonyl (C=O) groups excluding carboxylic acids is 1. The average Bonchev–Trinajstić information content (AvgIpc) is 2.86. The highest BCUT2D eigenvalue weighted by atomic mass is 16.5. The molecule has 0 heterocycles. The molecule has 1 aromatic carbocycles. The van der Waals surface area contributed by atoms with Gasteiger partial charge in [0.1, 0.15) is 0 Å². The Bertz CT molecular complexity index is 502. The number of amides is 1. The van der Waals surface area contributed by atoms with Gasteiger partial charge in [0, 0.05) is 17.8 Å². The quantitative estimate of drug-likeness (QED) is 0.884. The number of aryl methyl sites for hydroxylation is 1. The van der Waals surface area contributed by atoms with Gasteiger partial charge in [-0.05, 0) is 31.4 Å². The topological polar surface area (TPSA) is 73.6 Å². The number of ether oxygens (including phenoxy) is 2. The van der Waals surface area contributed by atoms with Gasteiger partial charge in [-0.2, -0.15) is 0 Å². The van der Waals surface area contributed by atoms with E-state index in [1.54, 1.807) is 20.3 Å². The van der Waals surface area contributed by atoms with Crippen molar-refractivity contribution in [3.63, 3.8) is 0 Å². The van der Waals surface area contributed by atoms with Crippen LogP contribution in [0.3, 0.4) is 0 Å². The highest BCUT2D eigenvalue weighted by Crippen LogP contribution is 2.33. The molecule has 1 saturated carbocycles. The maximum absolute atomic E-state index is 12.3. The third-order valence-electron chi connectivity index (χ3n) is 3.89. The highest BCUT2D eigenvalue weighted by Gasteiger charge is 2.30. The Labute approximate surface area is 119 Å².